The van der Waals surface area contributed by atoms with Gasteiger partial charge in [0.05, 0.1) is 0 Å². The van der Waals surface area contributed by atoms with Crippen LogP contribution in [-0.2, 0) is 13.1 Å². The van der Waals surface area contributed by atoms with Crippen molar-refractivity contribution in [2.24, 2.45) is 0 Å². The number of nitrogens with one attached hydrogen (secondary N) is 1. The van der Waals surface area contributed by atoms with E-state index in [4.69, 9.17) is 0 Å². The minimum Gasteiger partial charge on any atom is -0.347 e. The van der Waals surface area contributed by atoms with Crippen LogP contribution in [0.5, 0.6) is 0 Å². The van der Waals surface area contributed by atoms with Gasteiger partial charge in [-0.15, -0.1) is 0 Å². The van der Waals surface area contributed by atoms with E-state index in [-0.39, 0.29) is 0 Å². The zero-order valence-electron chi connectivity index (χ0n) is 11.4. The molecule has 0 spiro atoms. The van der Waals surface area contributed by atoms with Crippen molar-refractivity contribution in [2.45, 2.75) is 33.0 Å². The van der Waals surface area contributed by atoms with Gasteiger partial charge in [0.1, 0.15) is 0 Å². The van der Waals surface area contributed by atoms with Crippen LogP contribution in [0.4, 0.5) is 0 Å². The Balaban J connectivity index is 2.24. The molecule has 0 radical (unpaired) electrons. The highest BCUT2D eigenvalue weighted by molar-refractivity contribution is 7.98. The van der Waals surface area contributed by atoms with Gasteiger partial charge in [0.15, 0.2) is 0 Å². The van der Waals surface area contributed by atoms with E-state index in [0.717, 1.165) is 18.8 Å². The van der Waals surface area contributed by atoms with Crippen molar-refractivity contribution in [3.05, 3.63) is 36.0 Å². The molecule has 0 aliphatic rings. The Morgan fingerprint density at radius 3 is 2.83 bits per heavy atom. The van der Waals surface area contributed by atoms with Gasteiger partial charge in [-0.25, -0.2) is 0 Å². The molecule has 0 saturated heterocycles. The Bertz CT molecular complexity index is 502. The lowest BCUT2D eigenvalue weighted by atomic mass is 10.1. The second-order valence-electron chi connectivity index (χ2n) is 4.89. The summed E-state index contributed by atoms with van der Waals surface area (Å²) in [6.45, 7) is 6.40. The summed E-state index contributed by atoms with van der Waals surface area (Å²) in [5.74, 6) is 1.16. The molecule has 3 heteroatoms. The maximum absolute atomic E-state index is 3.49. The van der Waals surface area contributed by atoms with Gasteiger partial charge in [-0.3, -0.25) is 0 Å². The third-order valence-corrected chi connectivity index (χ3v) is 3.73. The topological polar surface area (TPSA) is 17.0 Å². The van der Waals surface area contributed by atoms with Gasteiger partial charge >= 0.3 is 0 Å². The number of thioether (sulfide) groups is 1. The summed E-state index contributed by atoms with van der Waals surface area (Å²) in [6, 6.07) is 9.37. The van der Waals surface area contributed by atoms with Crippen LogP contribution in [-0.4, -0.2) is 22.6 Å². The van der Waals surface area contributed by atoms with Gasteiger partial charge in [-0.1, -0.05) is 26.0 Å². The summed E-state index contributed by atoms with van der Waals surface area (Å²) >= 11 is 1.89. The first kappa shape index (κ1) is 13.5. The smallest absolute Gasteiger partial charge is 0.0483 e. The van der Waals surface area contributed by atoms with Gasteiger partial charge in [0, 0.05) is 42.0 Å². The number of rotatable bonds is 6. The number of aromatic nitrogens is 1. The fourth-order valence-electron chi connectivity index (χ4n) is 2.14. The molecule has 0 aliphatic heterocycles. The summed E-state index contributed by atoms with van der Waals surface area (Å²) in [6.07, 6.45) is 4.36. The van der Waals surface area contributed by atoms with Gasteiger partial charge in [-0.2, -0.15) is 11.8 Å². The van der Waals surface area contributed by atoms with Gasteiger partial charge in [0.25, 0.3) is 0 Å². The SMILES string of the molecule is CSCCn1ccc2c(CNC(C)C)cccc21. The molecule has 0 amide bonds. The van der Waals surface area contributed by atoms with Crippen LogP contribution in [0.1, 0.15) is 19.4 Å². The molecule has 2 aromatic rings. The van der Waals surface area contributed by atoms with Gasteiger partial charge in [0.2, 0.25) is 0 Å². The predicted octanol–water partition coefficient (Wildman–Crippen LogP) is 3.50. The molecule has 0 fully saturated rings. The highest BCUT2D eigenvalue weighted by Gasteiger charge is 2.05. The zero-order valence-corrected chi connectivity index (χ0v) is 12.3. The van der Waals surface area contributed by atoms with Gasteiger partial charge < -0.3 is 9.88 Å². The first-order valence-electron chi connectivity index (χ1n) is 6.51. The van der Waals surface area contributed by atoms with E-state index in [2.05, 4.69) is 60.4 Å². The molecule has 1 N–H and O–H groups in total. The van der Waals surface area contributed by atoms with Crippen LogP contribution in [0.2, 0.25) is 0 Å². The number of fused-ring (bicyclic) bond motifs is 1. The molecule has 2 rings (SSSR count). The molecule has 1 aromatic carbocycles. The lowest BCUT2D eigenvalue weighted by Gasteiger charge is -2.10. The summed E-state index contributed by atoms with van der Waals surface area (Å²) < 4.78 is 2.35. The van der Waals surface area contributed by atoms with Crippen LogP contribution >= 0.6 is 11.8 Å². The average molecular weight is 262 g/mol. The van der Waals surface area contributed by atoms with Crippen LogP contribution in [0.3, 0.4) is 0 Å². The molecule has 18 heavy (non-hydrogen) atoms. The van der Waals surface area contributed by atoms with Crippen molar-refractivity contribution in [3.8, 4) is 0 Å². The van der Waals surface area contributed by atoms with Crippen molar-refractivity contribution in [3.63, 3.8) is 0 Å². The second-order valence-corrected chi connectivity index (χ2v) is 5.87. The third kappa shape index (κ3) is 3.09. The maximum Gasteiger partial charge on any atom is 0.0483 e. The second kappa shape index (κ2) is 6.30. The van der Waals surface area contributed by atoms with Gasteiger partial charge in [-0.05, 0) is 24.0 Å². The first-order valence-corrected chi connectivity index (χ1v) is 7.91. The molecule has 98 valence electrons. The highest BCUT2D eigenvalue weighted by Crippen LogP contribution is 2.20. The van der Waals surface area contributed by atoms with Crippen molar-refractivity contribution in [1.29, 1.82) is 0 Å². The van der Waals surface area contributed by atoms with Crippen LogP contribution in [0.25, 0.3) is 10.9 Å². The summed E-state index contributed by atoms with van der Waals surface area (Å²) in [5.41, 5.74) is 2.75. The lowest BCUT2D eigenvalue weighted by molar-refractivity contribution is 0.590. The van der Waals surface area contributed by atoms with Crippen molar-refractivity contribution >= 4 is 22.7 Å². The normalized spacial score (nSPS) is 11.6. The van der Waals surface area contributed by atoms with E-state index in [0.29, 0.717) is 6.04 Å². The molecule has 0 aliphatic carbocycles. The third-order valence-electron chi connectivity index (χ3n) is 3.14. The molecule has 1 aromatic heterocycles. The Labute approximate surface area is 114 Å². The predicted molar refractivity (Wildman–Crippen MR) is 82.3 cm³/mol. The number of hydrogen-bond acceptors (Lipinski definition) is 2. The number of nitrogens with zero attached hydrogens (tertiary/aromatic N) is 1. The number of hydrogen-bond donors (Lipinski definition) is 1. The van der Waals surface area contributed by atoms with Crippen molar-refractivity contribution in [2.75, 3.05) is 12.0 Å². The van der Waals surface area contributed by atoms with Crippen molar-refractivity contribution < 1.29 is 0 Å². The zero-order chi connectivity index (χ0) is 13.0. The monoisotopic (exact) mass is 262 g/mol. The first-order chi connectivity index (χ1) is 8.72. The fourth-order valence-corrected chi connectivity index (χ4v) is 2.52. The van der Waals surface area contributed by atoms with E-state index in [1.807, 2.05) is 11.8 Å². The molecule has 0 bridgehead atoms. The Morgan fingerprint density at radius 1 is 1.28 bits per heavy atom. The maximum atomic E-state index is 3.49. The lowest BCUT2D eigenvalue weighted by Crippen LogP contribution is -2.21. The molecule has 1 heterocycles. The van der Waals surface area contributed by atoms with E-state index in [1.165, 1.54) is 16.5 Å². The number of benzene rings is 1. The van der Waals surface area contributed by atoms with Crippen LogP contribution in [0, 0.1) is 0 Å². The number of aryl methyl sites for hydroxylation is 1. The minimum absolute atomic E-state index is 0.527. The molecule has 0 atom stereocenters. The summed E-state index contributed by atoms with van der Waals surface area (Å²) in [7, 11) is 0. The average Bonchev–Trinajstić information content (AvgIpc) is 2.77. The van der Waals surface area contributed by atoms with E-state index in [9.17, 15) is 0 Å². The van der Waals surface area contributed by atoms with Crippen molar-refractivity contribution in [1.82, 2.24) is 9.88 Å². The molecule has 2 nitrogen and oxygen atoms in total. The minimum atomic E-state index is 0.527. The van der Waals surface area contributed by atoms with E-state index < -0.39 is 0 Å². The van der Waals surface area contributed by atoms with Crippen LogP contribution < -0.4 is 5.32 Å². The fraction of sp³-hybridized carbons (Fsp3) is 0.467. The molecule has 0 saturated carbocycles. The van der Waals surface area contributed by atoms with E-state index in [1.54, 1.807) is 0 Å². The summed E-state index contributed by atoms with van der Waals surface area (Å²) in [5, 5.41) is 4.87. The quantitative estimate of drug-likeness (QED) is 0.858. The molecular weight excluding hydrogens is 240 g/mol. The Hall–Kier alpha value is -0.930. The molecule has 0 unspecified atom stereocenters. The standard InChI is InChI=1S/C15H22N2S/c1-12(2)16-11-13-5-4-6-15-14(13)7-8-17(15)9-10-18-3/h4-8,12,16H,9-11H2,1-3H3. The highest BCUT2D eigenvalue weighted by atomic mass is 32.2. The summed E-state index contributed by atoms with van der Waals surface area (Å²) in [4.78, 5) is 0. The molecular formula is C15H22N2S. The van der Waals surface area contributed by atoms with Crippen LogP contribution in [0.15, 0.2) is 30.5 Å². The van der Waals surface area contributed by atoms with E-state index >= 15 is 0 Å². The Morgan fingerprint density at radius 2 is 2.11 bits per heavy atom. The Kier molecular flexibility index (Phi) is 4.72. The largest absolute Gasteiger partial charge is 0.347 e.